The summed E-state index contributed by atoms with van der Waals surface area (Å²) in [6.07, 6.45) is 7.68. The van der Waals surface area contributed by atoms with Crippen LogP contribution in [0.25, 0.3) is 0 Å². The molecule has 2 aliphatic heterocycles. The molecule has 8 nitrogen and oxygen atoms in total. The van der Waals surface area contributed by atoms with Crippen LogP contribution < -0.4 is 0 Å². The number of carboxylic acids is 2. The number of ether oxygens (including phenoxy) is 2. The molecule has 29 heavy (non-hydrogen) atoms. The van der Waals surface area contributed by atoms with Crippen LogP contribution in [0.1, 0.15) is 39.5 Å². The van der Waals surface area contributed by atoms with Crippen LogP contribution in [0.15, 0.2) is 23.8 Å². The molecule has 0 unspecified atom stereocenters. The monoisotopic (exact) mass is 409 g/mol. The van der Waals surface area contributed by atoms with Crippen molar-refractivity contribution in [2.75, 3.05) is 20.6 Å². The number of esters is 1. The highest BCUT2D eigenvalue weighted by Gasteiger charge is 2.62. The standard InChI is InChI=1S/C17H27NO3.C4H4O4/c1-11-6-5-9-17(2)15(21-17)14-12(8-7-11)13(10-18(3)4)16(19)20-14;5-3(6)1-2-4(7)8/h6,12-15H,5,7-10H2,1-4H3;1-2H,(H,5,6)(H,7,8)/b11-6+;2-1+/t12-,13-,14-,15+,17+;/m0./s1. The number of epoxide rings is 1. The van der Waals surface area contributed by atoms with Gasteiger partial charge in [0.05, 0.1) is 11.5 Å². The maximum Gasteiger partial charge on any atom is 0.328 e. The van der Waals surface area contributed by atoms with E-state index < -0.39 is 11.9 Å². The van der Waals surface area contributed by atoms with Crippen LogP contribution in [-0.2, 0) is 23.9 Å². The third-order valence-electron chi connectivity index (χ3n) is 5.67. The van der Waals surface area contributed by atoms with E-state index >= 15 is 0 Å². The van der Waals surface area contributed by atoms with E-state index in [0.29, 0.717) is 12.2 Å². The van der Waals surface area contributed by atoms with E-state index in [4.69, 9.17) is 19.7 Å². The van der Waals surface area contributed by atoms with Gasteiger partial charge in [0.25, 0.3) is 0 Å². The van der Waals surface area contributed by atoms with Crippen LogP contribution in [0, 0.1) is 11.8 Å². The van der Waals surface area contributed by atoms with Gasteiger partial charge in [-0.1, -0.05) is 11.6 Å². The summed E-state index contributed by atoms with van der Waals surface area (Å²) in [5.74, 6) is -2.27. The lowest BCUT2D eigenvalue weighted by atomic mass is 9.80. The molecule has 162 valence electrons. The average molecular weight is 409 g/mol. The zero-order valence-corrected chi connectivity index (χ0v) is 17.5. The van der Waals surface area contributed by atoms with Crippen LogP contribution in [0.2, 0.25) is 0 Å². The Kier molecular flexibility index (Phi) is 7.60. The third kappa shape index (κ3) is 6.40. The maximum absolute atomic E-state index is 12.3. The summed E-state index contributed by atoms with van der Waals surface area (Å²) in [6, 6.07) is 0. The number of carbonyl (C=O) groups excluding carboxylic acids is 1. The van der Waals surface area contributed by atoms with E-state index in [1.54, 1.807) is 0 Å². The molecule has 5 atom stereocenters. The van der Waals surface area contributed by atoms with Crippen LogP contribution >= 0.6 is 0 Å². The van der Waals surface area contributed by atoms with Crippen molar-refractivity contribution in [2.24, 2.45) is 11.8 Å². The van der Waals surface area contributed by atoms with Crippen molar-refractivity contribution >= 4 is 17.9 Å². The Morgan fingerprint density at radius 2 is 1.90 bits per heavy atom. The number of rotatable bonds is 4. The second kappa shape index (κ2) is 9.54. The van der Waals surface area contributed by atoms with Crippen LogP contribution in [0.3, 0.4) is 0 Å². The number of aliphatic carboxylic acids is 2. The first-order valence-corrected chi connectivity index (χ1v) is 9.86. The molecule has 0 aromatic heterocycles. The Bertz CT molecular complexity index is 683. The van der Waals surface area contributed by atoms with Gasteiger partial charge in [0.2, 0.25) is 0 Å². The van der Waals surface area contributed by atoms with Crippen molar-refractivity contribution in [3.05, 3.63) is 23.8 Å². The number of hydrogen-bond donors (Lipinski definition) is 2. The molecule has 8 heteroatoms. The Morgan fingerprint density at radius 1 is 1.28 bits per heavy atom. The minimum atomic E-state index is -1.26. The second-order valence-corrected chi connectivity index (χ2v) is 8.42. The maximum atomic E-state index is 12.3. The Labute approximate surface area is 171 Å². The van der Waals surface area contributed by atoms with Gasteiger partial charge in [-0.15, -0.1) is 0 Å². The number of allylic oxidation sites excluding steroid dienone is 2. The number of fused-ring (bicyclic) bond motifs is 3. The van der Waals surface area contributed by atoms with Gasteiger partial charge < -0.3 is 24.6 Å². The Morgan fingerprint density at radius 3 is 2.45 bits per heavy atom. The summed E-state index contributed by atoms with van der Waals surface area (Å²) in [5, 5.41) is 15.6. The first-order valence-electron chi connectivity index (χ1n) is 9.86. The van der Waals surface area contributed by atoms with Gasteiger partial charge in [-0.2, -0.15) is 0 Å². The van der Waals surface area contributed by atoms with Gasteiger partial charge in [0.15, 0.2) is 0 Å². The molecule has 0 bridgehead atoms. The molecule has 2 N–H and O–H groups in total. The SMILES string of the molecule is C/C1=C\CC[C@@]2(C)O[C@@H]2[C@H]2OC(=O)[C@@H](CN(C)C)[C@@H]2CC1.O=C(O)/C=C/C(=O)O. The molecular weight excluding hydrogens is 378 g/mol. The summed E-state index contributed by atoms with van der Waals surface area (Å²) >= 11 is 0. The van der Waals surface area contributed by atoms with Crippen LogP contribution in [0.4, 0.5) is 0 Å². The highest BCUT2D eigenvalue weighted by Crippen LogP contribution is 2.50. The van der Waals surface area contributed by atoms with Crippen LogP contribution in [0.5, 0.6) is 0 Å². The van der Waals surface area contributed by atoms with Crippen molar-refractivity contribution in [1.29, 1.82) is 0 Å². The van der Waals surface area contributed by atoms with Crippen molar-refractivity contribution in [1.82, 2.24) is 4.90 Å². The highest BCUT2D eigenvalue weighted by molar-refractivity contribution is 5.89. The molecule has 2 fully saturated rings. The number of carboxylic acid groups (broad SMARTS) is 2. The molecule has 0 spiro atoms. The first-order chi connectivity index (χ1) is 13.5. The Balaban J connectivity index is 0.000000321. The van der Waals surface area contributed by atoms with Crippen LogP contribution in [-0.4, -0.2) is 71.5 Å². The molecule has 0 aromatic rings. The molecular formula is C21H31NO7. The van der Waals surface area contributed by atoms with E-state index in [1.165, 1.54) is 5.57 Å². The van der Waals surface area contributed by atoms with Gasteiger partial charge in [-0.05, 0) is 53.6 Å². The lowest BCUT2D eigenvalue weighted by molar-refractivity contribution is -0.145. The van der Waals surface area contributed by atoms with E-state index in [0.717, 1.165) is 32.2 Å². The van der Waals surface area contributed by atoms with E-state index in [-0.39, 0.29) is 35.6 Å². The van der Waals surface area contributed by atoms with Crippen molar-refractivity contribution in [2.45, 2.75) is 57.3 Å². The summed E-state index contributed by atoms with van der Waals surface area (Å²) in [4.78, 5) is 33.5. The van der Waals surface area contributed by atoms with E-state index in [9.17, 15) is 14.4 Å². The Hall–Kier alpha value is -2.19. The number of carbonyl (C=O) groups is 3. The smallest absolute Gasteiger partial charge is 0.328 e. The third-order valence-corrected chi connectivity index (χ3v) is 5.67. The van der Waals surface area contributed by atoms with E-state index in [2.05, 4.69) is 24.8 Å². The minimum absolute atomic E-state index is 0.00863. The summed E-state index contributed by atoms with van der Waals surface area (Å²) in [5.41, 5.74) is 1.34. The molecule has 1 aliphatic carbocycles. The fourth-order valence-corrected chi connectivity index (χ4v) is 4.08. The quantitative estimate of drug-likeness (QED) is 0.314. The predicted octanol–water partition coefficient (Wildman–Crippen LogP) is 2.10. The summed E-state index contributed by atoms with van der Waals surface area (Å²) < 4.78 is 11.7. The average Bonchev–Trinajstić information content (AvgIpc) is 3.19. The van der Waals surface area contributed by atoms with Gasteiger partial charge >= 0.3 is 17.9 Å². The predicted molar refractivity (Wildman–Crippen MR) is 105 cm³/mol. The number of hydrogen-bond acceptors (Lipinski definition) is 6. The van der Waals surface area contributed by atoms with Crippen molar-refractivity contribution in [3.63, 3.8) is 0 Å². The lowest BCUT2D eigenvalue weighted by Crippen LogP contribution is -2.34. The second-order valence-electron chi connectivity index (χ2n) is 8.42. The molecule has 0 radical (unpaired) electrons. The molecule has 0 amide bonds. The molecule has 3 aliphatic rings. The van der Waals surface area contributed by atoms with Gasteiger partial charge in [-0.25, -0.2) is 9.59 Å². The molecule has 2 heterocycles. The normalized spacial score (nSPS) is 35.5. The largest absolute Gasteiger partial charge is 0.478 e. The molecule has 3 rings (SSSR count). The van der Waals surface area contributed by atoms with Gasteiger partial charge in [-0.3, -0.25) is 4.79 Å². The zero-order chi connectivity index (χ0) is 21.8. The zero-order valence-electron chi connectivity index (χ0n) is 17.5. The highest BCUT2D eigenvalue weighted by atomic mass is 16.6. The number of nitrogens with zero attached hydrogens (tertiary/aromatic N) is 1. The molecule has 0 saturated carbocycles. The molecule has 2 saturated heterocycles. The molecule has 0 aromatic carbocycles. The van der Waals surface area contributed by atoms with Gasteiger partial charge in [0.1, 0.15) is 12.2 Å². The summed E-state index contributed by atoms with van der Waals surface area (Å²) in [6.45, 7) is 5.13. The minimum Gasteiger partial charge on any atom is -0.478 e. The van der Waals surface area contributed by atoms with Gasteiger partial charge in [0, 0.05) is 24.6 Å². The lowest BCUT2D eigenvalue weighted by Gasteiger charge is -2.23. The fourth-order valence-electron chi connectivity index (χ4n) is 4.08. The van der Waals surface area contributed by atoms with Crippen molar-refractivity contribution in [3.8, 4) is 0 Å². The first kappa shape index (κ1) is 23.1. The topological polar surface area (TPSA) is 117 Å². The van der Waals surface area contributed by atoms with Crippen molar-refractivity contribution < 1.29 is 34.1 Å². The fraction of sp³-hybridized carbons (Fsp3) is 0.667. The van der Waals surface area contributed by atoms with E-state index in [1.807, 2.05) is 14.1 Å². The summed E-state index contributed by atoms with van der Waals surface area (Å²) in [7, 11) is 4.04.